The van der Waals surface area contributed by atoms with E-state index in [9.17, 15) is 19.2 Å². The number of methoxy groups -OCH3 is 2. The Morgan fingerprint density at radius 3 is 1.59 bits per heavy atom. The molecule has 17 heteroatoms. The molecule has 4 amide bonds. The largest absolute Gasteiger partial charge is 0.488 e. The molecule has 0 radical (unpaired) electrons. The highest BCUT2D eigenvalue weighted by atomic mass is 35.5. The van der Waals surface area contributed by atoms with E-state index in [-0.39, 0.29) is 52.5 Å². The smallest absolute Gasteiger partial charge is 0.407 e. The first-order valence-electron chi connectivity index (χ1n) is 24.3. The topological polar surface area (TPSA) is 193 Å². The summed E-state index contributed by atoms with van der Waals surface area (Å²) in [7, 11) is 2.62. The minimum Gasteiger partial charge on any atom is -0.488 e. The molecule has 6 atom stereocenters. The van der Waals surface area contributed by atoms with Crippen molar-refractivity contribution >= 4 is 35.6 Å². The van der Waals surface area contributed by atoms with Crippen molar-refractivity contribution < 1.29 is 38.1 Å². The Labute approximate surface area is 401 Å². The molecule has 10 rings (SSSR count). The van der Waals surface area contributed by atoms with Gasteiger partial charge in [0.05, 0.1) is 32.0 Å². The Bertz CT molecular complexity index is 2640. The predicted octanol–water partition coefficient (Wildman–Crippen LogP) is 9.34. The third-order valence-electron chi connectivity index (χ3n) is 15.9. The maximum atomic E-state index is 14.4. The van der Waals surface area contributed by atoms with Gasteiger partial charge in [0, 0.05) is 52.2 Å². The fourth-order valence-corrected chi connectivity index (χ4v) is 11.4. The van der Waals surface area contributed by atoms with Crippen LogP contribution in [0.25, 0.3) is 33.6 Å². The zero-order chi connectivity index (χ0) is 48.0. The predicted molar refractivity (Wildman–Crippen MR) is 254 cm³/mol. The Morgan fingerprint density at radius 1 is 0.721 bits per heavy atom. The van der Waals surface area contributed by atoms with E-state index in [1.807, 2.05) is 43.6 Å². The van der Waals surface area contributed by atoms with E-state index in [4.69, 9.17) is 40.5 Å². The molecule has 2 aliphatic carbocycles. The summed E-state index contributed by atoms with van der Waals surface area (Å²) in [6.07, 6.45) is 5.92. The van der Waals surface area contributed by atoms with Gasteiger partial charge in [-0.05, 0) is 91.4 Å². The Morgan fingerprint density at radius 2 is 1.16 bits per heavy atom. The van der Waals surface area contributed by atoms with Gasteiger partial charge in [-0.3, -0.25) is 9.59 Å². The summed E-state index contributed by atoms with van der Waals surface area (Å²) in [6.45, 7) is 14.1. The zero-order valence-corrected chi connectivity index (χ0v) is 41.0. The molecule has 68 heavy (non-hydrogen) atoms. The third kappa shape index (κ3) is 8.03. The lowest BCUT2D eigenvalue weighted by Crippen LogP contribution is -2.51. The summed E-state index contributed by atoms with van der Waals surface area (Å²) in [4.78, 5) is 74.7. The van der Waals surface area contributed by atoms with Gasteiger partial charge in [0.1, 0.15) is 59.3 Å². The normalized spacial score (nSPS) is 21.7. The highest BCUT2D eigenvalue weighted by Crippen LogP contribution is 2.60. The molecule has 4 N–H and O–H groups in total. The number of amides is 4. The number of benzene rings is 2. The van der Waals surface area contributed by atoms with Crippen molar-refractivity contribution in [2.75, 3.05) is 27.3 Å². The number of hydrogen-bond donors (Lipinski definition) is 4. The van der Waals surface area contributed by atoms with Crippen molar-refractivity contribution in [1.29, 1.82) is 0 Å². The van der Waals surface area contributed by atoms with Crippen molar-refractivity contribution in [3.05, 3.63) is 57.9 Å². The summed E-state index contributed by atoms with van der Waals surface area (Å²) in [5, 5.41) is 6.00. The summed E-state index contributed by atoms with van der Waals surface area (Å²) in [5.41, 5.74) is 8.01. The quantitative estimate of drug-likeness (QED) is 0.100. The number of likely N-dealkylation sites (tertiary alicyclic amines) is 2. The van der Waals surface area contributed by atoms with Crippen molar-refractivity contribution in [2.24, 2.45) is 22.7 Å². The molecule has 2 saturated heterocycles. The van der Waals surface area contributed by atoms with E-state index in [1.54, 1.807) is 0 Å². The molecule has 4 aromatic rings. The molecular weight excluding hydrogens is 888 g/mol. The fraction of sp³-hybridized carbons (Fsp3) is 0.569. The maximum Gasteiger partial charge on any atom is 0.407 e. The molecule has 362 valence electrons. The third-order valence-corrected chi connectivity index (χ3v) is 16.2. The standard InChI is InChI=1S/C51H63ClN8O8/c1-9-26(5)39(56-48(63)65-7)46(61)59-23-50(11-12-50)19-32(59)44-53-38(25(3)4)41(54-44)28-15-30-21-68-35-18-29(16-31-22-67-34(17-28)36(30)37(31)35)42-43(52)58-45(55-42)33-20-51(13-14-51)24-60(33)47(62)40(27(6)10-2)57-49(64)66-8/h15-18,25-27,32-33,39-40H,9-14,19-24H2,1-8H3,(H,53,54)(H,55,58)(H,56,63)(H,57,64)/t26-,27-,32+,33+,39+,40+/m1/s1. The Kier molecular flexibility index (Phi) is 11.7. The van der Waals surface area contributed by atoms with Gasteiger partial charge in [-0.2, -0.15) is 0 Å². The first-order valence-corrected chi connectivity index (χ1v) is 24.7. The number of imidazole rings is 2. The van der Waals surface area contributed by atoms with Crippen LogP contribution in [-0.2, 0) is 32.3 Å². The summed E-state index contributed by atoms with van der Waals surface area (Å²) < 4.78 is 23.0. The number of hydrogen-bond acceptors (Lipinski definition) is 10. The molecule has 2 aromatic heterocycles. The van der Waals surface area contributed by atoms with E-state index in [0.717, 1.165) is 101 Å². The lowest BCUT2D eigenvalue weighted by atomic mass is 9.87. The minimum atomic E-state index is -0.737. The lowest BCUT2D eigenvalue weighted by Gasteiger charge is -2.31. The molecule has 4 fully saturated rings. The van der Waals surface area contributed by atoms with E-state index in [0.29, 0.717) is 55.1 Å². The van der Waals surface area contributed by atoms with Crippen LogP contribution in [0.5, 0.6) is 11.5 Å². The molecule has 6 aliphatic rings. The number of rotatable bonds is 13. The number of nitrogens with one attached hydrogen (secondary N) is 4. The summed E-state index contributed by atoms with van der Waals surface area (Å²) in [5.74, 6) is 2.46. The number of nitrogens with zero attached hydrogens (tertiary/aromatic N) is 4. The zero-order valence-electron chi connectivity index (χ0n) is 40.3. The molecule has 2 spiro atoms. The van der Waals surface area contributed by atoms with Crippen molar-refractivity contribution in [3.8, 4) is 45.1 Å². The van der Waals surface area contributed by atoms with Gasteiger partial charge in [0.25, 0.3) is 0 Å². The molecular formula is C51H63ClN8O8. The van der Waals surface area contributed by atoms with Gasteiger partial charge in [-0.1, -0.05) is 66.0 Å². The van der Waals surface area contributed by atoms with Crippen LogP contribution < -0.4 is 20.1 Å². The van der Waals surface area contributed by atoms with Crippen LogP contribution >= 0.6 is 11.6 Å². The number of ether oxygens (including phenoxy) is 4. The first kappa shape index (κ1) is 46.0. The number of halogens is 1. The minimum absolute atomic E-state index is 0.0344. The van der Waals surface area contributed by atoms with Gasteiger partial charge < -0.3 is 49.3 Å². The van der Waals surface area contributed by atoms with Crippen molar-refractivity contribution in [2.45, 2.75) is 136 Å². The molecule has 2 saturated carbocycles. The lowest BCUT2D eigenvalue weighted by molar-refractivity contribution is -0.136. The van der Waals surface area contributed by atoms with Gasteiger partial charge in [-0.15, -0.1) is 0 Å². The van der Waals surface area contributed by atoms with E-state index >= 15 is 0 Å². The second-order valence-electron chi connectivity index (χ2n) is 20.8. The number of aromatic nitrogens is 4. The van der Waals surface area contributed by atoms with Crippen LogP contribution in [-0.4, -0.2) is 93.1 Å². The number of aromatic amines is 2. The second-order valence-corrected chi connectivity index (χ2v) is 21.2. The maximum absolute atomic E-state index is 14.4. The molecule has 6 heterocycles. The van der Waals surface area contributed by atoms with E-state index in [1.165, 1.54) is 14.2 Å². The second kappa shape index (κ2) is 17.3. The average Bonchev–Trinajstić information content (AvgIpc) is 4.00. The van der Waals surface area contributed by atoms with Crippen LogP contribution in [0.15, 0.2) is 24.3 Å². The summed E-state index contributed by atoms with van der Waals surface area (Å²) in [6, 6.07) is 6.20. The number of carbonyl (C=O) groups excluding carboxylic acids is 4. The average molecular weight is 952 g/mol. The summed E-state index contributed by atoms with van der Waals surface area (Å²) >= 11 is 7.00. The number of carbonyl (C=O) groups is 4. The SMILES string of the molecule is CC[C@@H](C)[C@H](NC(=O)OC)C(=O)N1CC2(CC2)C[C@H]1c1nc(-c2cc3c4c(c2)OCc2cc(-c5nc([C@@H]6CC7(CC7)CN6C(=O)[C@@H](NC(=O)OC)[C@H](C)CC)[nH]c5C(C)C)cc(c2-4)OC3)c(Cl)[nH]1. The van der Waals surface area contributed by atoms with Crippen molar-refractivity contribution in [3.63, 3.8) is 0 Å². The van der Waals surface area contributed by atoms with Crippen LogP contribution in [0.2, 0.25) is 5.15 Å². The molecule has 0 bridgehead atoms. The highest BCUT2D eigenvalue weighted by Gasteiger charge is 2.57. The van der Waals surface area contributed by atoms with E-state index in [2.05, 4.69) is 52.6 Å². The van der Waals surface area contributed by atoms with Crippen LogP contribution in [0.3, 0.4) is 0 Å². The van der Waals surface area contributed by atoms with Gasteiger partial charge in [0.2, 0.25) is 11.8 Å². The number of H-pyrrole nitrogens is 2. The van der Waals surface area contributed by atoms with Crippen LogP contribution in [0.1, 0.15) is 139 Å². The molecule has 4 aliphatic heterocycles. The fourth-order valence-electron chi connectivity index (χ4n) is 11.1. The molecule has 16 nitrogen and oxygen atoms in total. The van der Waals surface area contributed by atoms with Gasteiger partial charge in [-0.25, -0.2) is 19.6 Å². The highest BCUT2D eigenvalue weighted by molar-refractivity contribution is 6.32. The molecule has 0 unspecified atom stereocenters. The monoisotopic (exact) mass is 950 g/mol. The van der Waals surface area contributed by atoms with Crippen LogP contribution in [0, 0.1) is 22.7 Å². The van der Waals surface area contributed by atoms with Gasteiger partial charge in [0.15, 0.2) is 0 Å². The van der Waals surface area contributed by atoms with Gasteiger partial charge >= 0.3 is 12.2 Å². The van der Waals surface area contributed by atoms with E-state index < -0.39 is 24.3 Å². The number of alkyl carbamates (subject to hydrolysis) is 2. The first-order chi connectivity index (χ1) is 32.6. The Hall–Kier alpha value is -5.77. The van der Waals surface area contributed by atoms with Crippen LogP contribution in [0.4, 0.5) is 9.59 Å². The van der Waals surface area contributed by atoms with Crippen molar-refractivity contribution in [1.82, 2.24) is 40.4 Å². The Balaban J connectivity index is 0.943. The molecule has 2 aromatic carbocycles.